The molecule has 0 spiro atoms. The third-order valence-corrected chi connectivity index (χ3v) is 6.16. The van der Waals surface area contributed by atoms with Crippen LogP contribution in [0.15, 0.2) is 97.1 Å². The summed E-state index contributed by atoms with van der Waals surface area (Å²) >= 11 is 0. The molecule has 0 fully saturated rings. The lowest BCUT2D eigenvalue weighted by atomic mass is 9.96. The fourth-order valence-electron chi connectivity index (χ4n) is 4.61. The van der Waals surface area contributed by atoms with Gasteiger partial charge in [-0.2, -0.15) is 0 Å². The van der Waals surface area contributed by atoms with Gasteiger partial charge in [0.1, 0.15) is 5.75 Å². The maximum atomic E-state index is 6.44. The summed E-state index contributed by atoms with van der Waals surface area (Å²) in [5.74, 6) is 7.56. The van der Waals surface area contributed by atoms with E-state index in [0.29, 0.717) is 0 Å². The van der Waals surface area contributed by atoms with Crippen molar-refractivity contribution in [3.63, 3.8) is 0 Å². The molecule has 2 heteroatoms. The molecule has 2 bridgehead atoms. The Morgan fingerprint density at radius 2 is 1.52 bits per heavy atom. The summed E-state index contributed by atoms with van der Waals surface area (Å²) in [6, 6.07) is 25.8. The predicted molar refractivity (Wildman–Crippen MR) is 129 cm³/mol. The van der Waals surface area contributed by atoms with E-state index in [4.69, 9.17) is 4.74 Å². The van der Waals surface area contributed by atoms with Gasteiger partial charge in [0.2, 0.25) is 0 Å². The van der Waals surface area contributed by atoms with Gasteiger partial charge in [-0.1, -0.05) is 90.7 Å². The Labute approximate surface area is 182 Å². The first kappa shape index (κ1) is 17.9. The molecular formula is C29H21NO. The first-order chi connectivity index (χ1) is 15.3. The molecule has 0 N–H and O–H groups in total. The van der Waals surface area contributed by atoms with Gasteiger partial charge in [-0.25, -0.2) is 0 Å². The molecule has 6 rings (SSSR count). The highest BCUT2D eigenvalue weighted by molar-refractivity contribution is 6.13. The summed E-state index contributed by atoms with van der Waals surface area (Å²) in [6.45, 7) is 0. The Kier molecular flexibility index (Phi) is 4.08. The van der Waals surface area contributed by atoms with E-state index in [9.17, 15) is 0 Å². The second-order valence-electron chi connectivity index (χ2n) is 7.99. The van der Waals surface area contributed by atoms with Crippen LogP contribution in [0.4, 0.5) is 11.4 Å². The molecule has 2 aliphatic rings. The molecule has 2 atom stereocenters. The van der Waals surface area contributed by atoms with Gasteiger partial charge in [0.25, 0.3) is 0 Å². The fraction of sp³-hybridized carbons (Fsp3) is 0.103. The first-order valence-electron chi connectivity index (χ1n) is 10.6. The van der Waals surface area contributed by atoms with Crippen LogP contribution >= 0.6 is 0 Å². The van der Waals surface area contributed by atoms with Crippen molar-refractivity contribution in [2.75, 3.05) is 11.9 Å². The maximum absolute atomic E-state index is 6.44. The highest BCUT2D eigenvalue weighted by Gasteiger charge is 2.24. The molecule has 0 radical (unpaired) electrons. The Morgan fingerprint density at radius 1 is 0.742 bits per heavy atom. The number of benzene rings is 4. The summed E-state index contributed by atoms with van der Waals surface area (Å²) in [4.78, 5) is 2.25. The number of fused-ring (bicyclic) bond motifs is 7. The Bertz CT molecular complexity index is 1450. The van der Waals surface area contributed by atoms with Gasteiger partial charge >= 0.3 is 0 Å². The quantitative estimate of drug-likeness (QED) is 0.273. The van der Waals surface area contributed by atoms with E-state index in [2.05, 4.69) is 109 Å². The zero-order valence-corrected chi connectivity index (χ0v) is 17.2. The van der Waals surface area contributed by atoms with Crippen LogP contribution < -0.4 is 9.64 Å². The Balaban J connectivity index is 1.57. The second kappa shape index (κ2) is 7.07. The minimum absolute atomic E-state index is 0.0339. The van der Waals surface area contributed by atoms with Crippen molar-refractivity contribution in [1.82, 2.24) is 0 Å². The Morgan fingerprint density at radius 3 is 2.42 bits per heavy atom. The zero-order chi connectivity index (χ0) is 20.8. The molecule has 1 aliphatic carbocycles. The molecule has 1 aliphatic heterocycles. The average molecular weight is 399 g/mol. The van der Waals surface area contributed by atoms with E-state index in [1.807, 2.05) is 12.2 Å². The largest absolute Gasteiger partial charge is 0.471 e. The number of ether oxygens (including phenoxy) is 1. The van der Waals surface area contributed by atoms with Crippen LogP contribution in [0.1, 0.15) is 11.5 Å². The topological polar surface area (TPSA) is 12.5 Å². The van der Waals surface area contributed by atoms with Gasteiger partial charge < -0.3 is 9.64 Å². The number of hydrogen-bond donors (Lipinski definition) is 0. The molecule has 4 aromatic carbocycles. The van der Waals surface area contributed by atoms with E-state index in [0.717, 1.165) is 22.7 Å². The van der Waals surface area contributed by atoms with Crippen LogP contribution in [0.3, 0.4) is 0 Å². The third kappa shape index (κ3) is 2.90. The standard InChI is InChI=1S/C29H21NO/c1-30(28-19-21-10-3-5-12-23(21)25-13-6-7-14-26(25)28)27-16-8-15-24-20-9-2-4-11-22(18-17-20)31-29(24)27/h2-16,19-20,22H,1H3/b9-2-,11-4-. The SMILES string of the molecule is CN(c1cccc2c1OC1C#CC2/C=C\C=C/1)c1cc2ccccc2c2ccccc12. The second-order valence-corrected chi connectivity index (χ2v) is 7.99. The molecule has 1 heterocycles. The van der Waals surface area contributed by atoms with Crippen molar-refractivity contribution in [2.45, 2.75) is 12.0 Å². The number of allylic oxidation sites excluding steroid dienone is 3. The average Bonchev–Trinajstić information content (AvgIpc) is 2.92. The lowest BCUT2D eigenvalue weighted by molar-refractivity contribution is 0.305. The molecule has 0 aromatic heterocycles. The van der Waals surface area contributed by atoms with Crippen molar-refractivity contribution < 1.29 is 4.74 Å². The smallest absolute Gasteiger partial charge is 0.177 e. The number of anilines is 2. The fourth-order valence-corrected chi connectivity index (χ4v) is 4.61. The normalized spacial score (nSPS) is 20.5. The molecule has 0 amide bonds. The van der Waals surface area contributed by atoms with E-state index < -0.39 is 0 Å². The summed E-state index contributed by atoms with van der Waals surface area (Å²) < 4.78 is 6.44. The predicted octanol–water partition coefficient (Wildman–Crippen LogP) is 6.73. The minimum atomic E-state index is -0.239. The molecule has 148 valence electrons. The number of para-hydroxylation sites is 1. The number of rotatable bonds is 2. The minimum Gasteiger partial charge on any atom is -0.471 e. The monoisotopic (exact) mass is 399 g/mol. The highest BCUT2D eigenvalue weighted by Crippen LogP contribution is 2.43. The molecule has 2 unspecified atom stereocenters. The molecule has 0 saturated heterocycles. The van der Waals surface area contributed by atoms with E-state index >= 15 is 0 Å². The molecule has 31 heavy (non-hydrogen) atoms. The highest BCUT2D eigenvalue weighted by atomic mass is 16.5. The third-order valence-electron chi connectivity index (χ3n) is 6.16. The van der Waals surface area contributed by atoms with Crippen LogP contribution in [0.25, 0.3) is 21.5 Å². The van der Waals surface area contributed by atoms with E-state index in [1.54, 1.807) is 0 Å². The lowest BCUT2D eigenvalue weighted by Crippen LogP contribution is -2.16. The van der Waals surface area contributed by atoms with Crippen LogP contribution in [-0.2, 0) is 0 Å². The molecule has 0 saturated carbocycles. The van der Waals surface area contributed by atoms with Gasteiger partial charge in [0.15, 0.2) is 6.10 Å². The van der Waals surface area contributed by atoms with Gasteiger partial charge in [-0.15, -0.1) is 0 Å². The first-order valence-corrected chi connectivity index (χ1v) is 10.6. The van der Waals surface area contributed by atoms with Crippen molar-refractivity contribution in [2.24, 2.45) is 0 Å². The van der Waals surface area contributed by atoms with Crippen molar-refractivity contribution in [3.05, 3.63) is 103 Å². The van der Waals surface area contributed by atoms with E-state index in [1.165, 1.54) is 21.5 Å². The zero-order valence-electron chi connectivity index (χ0n) is 17.2. The van der Waals surface area contributed by atoms with Crippen LogP contribution in [0.5, 0.6) is 5.75 Å². The van der Waals surface area contributed by atoms with Gasteiger partial charge in [-0.3, -0.25) is 0 Å². The lowest BCUT2D eigenvalue weighted by Gasteiger charge is -2.27. The van der Waals surface area contributed by atoms with E-state index in [-0.39, 0.29) is 12.0 Å². The van der Waals surface area contributed by atoms with Crippen LogP contribution in [-0.4, -0.2) is 13.2 Å². The van der Waals surface area contributed by atoms with Crippen molar-refractivity contribution >= 4 is 32.9 Å². The van der Waals surface area contributed by atoms with Gasteiger partial charge in [-0.05, 0) is 34.4 Å². The molecule has 2 nitrogen and oxygen atoms in total. The van der Waals surface area contributed by atoms with Crippen LogP contribution in [0.2, 0.25) is 0 Å². The molecule has 4 aromatic rings. The summed E-state index contributed by atoms with van der Waals surface area (Å²) in [7, 11) is 2.12. The van der Waals surface area contributed by atoms with Crippen LogP contribution in [0, 0.1) is 11.8 Å². The Hall–Kier alpha value is -3.96. The summed E-state index contributed by atoms with van der Waals surface area (Å²) in [5, 5.41) is 4.98. The summed E-state index contributed by atoms with van der Waals surface area (Å²) in [6.07, 6.45) is 8.01. The maximum Gasteiger partial charge on any atom is 0.177 e. The number of nitrogens with zero attached hydrogens (tertiary/aromatic N) is 1. The van der Waals surface area contributed by atoms with Gasteiger partial charge in [0, 0.05) is 23.7 Å². The van der Waals surface area contributed by atoms with Gasteiger partial charge in [0.05, 0.1) is 11.6 Å². The van der Waals surface area contributed by atoms with Crippen molar-refractivity contribution in [3.8, 4) is 17.6 Å². The van der Waals surface area contributed by atoms with Crippen molar-refractivity contribution in [1.29, 1.82) is 0 Å². The summed E-state index contributed by atoms with van der Waals surface area (Å²) in [5.41, 5.74) is 3.32. The molecular weight excluding hydrogens is 378 g/mol. The number of hydrogen-bond acceptors (Lipinski definition) is 2.